The van der Waals surface area contributed by atoms with Crippen molar-refractivity contribution in [1.29, 1.82) is 0 Å². The van der Waals surface area contributed by atoms with Crippen LogP contribution in [0.3, 0.4) is 0 Å². The largest absolute Gasteiger partial charge is 0.746 e. The van der Waals surface area contributed by atoms with Gasteiger partial charge in [0.2, 0.25) is 0 Å². The fourth-order valence-electron chi connectivity index (χ4n) is 1.56. The van der Waals surface area contributed by atoms with Crippen LogP contribution in [0.15, 0.2) is 12.3 Å². The van der Waals surface area contributed by atoms with Crippen molar-refractivity contribution >= 4 is 8.25 Å². The quantitative estimate of drug-likeness (QED) is 0.327. The summed E-state index contributed by atoms with van der Waals surface area (Å²) >= 11 is 0. The van der Waals surface area contributed by atoms with Crippen LogP contribution in [0.1, 0.15) is 64.7 Å². The summed E-state index contributed by atoms with van der Waals surface area (Å²) in [4.78, 5) is 8.33. The van der Waals surface area contributed by atoms with E-state index in [0.29, 0.717) is 0 Å². The molecule has 0 radical (unpaired) electrons. The molecule has 16 heavy (non-hydrogen) atoms. The van der Waals surface area contributed by atoms with Crippen LogP contribution >= 0.6 is 8.25 Å². The summed E-state index contributed by atoms with van der Waals surface area (Å²) in [6.07, 6.45) is 14.5. The van der Waals surface area contributed by atoms with E-state index in [1.807, 2.05) is 0 Å². The van der Waals surface area contributed by atoms with Crippen LogP contribution in [0, 0.1) is 0 Å². The van der Waals surface area contributed by atoms with E-state index in [2.05, 4.69) is 11.4 Å². The monoisotopic (exact) mass is 247 g/mol. The maximum atomic E-state index is 10.1. The molecular weight excluding hydrogens is 223 g/mol. The first kappa shape index (κ1) is 15.6. The van der Waals surface area contributed by atoms with Crippen molar-refractivity contribution in [2.45, 2.75) is 64.7 Å². The first-order valence-electron chi connectivity index (χ1n) is 6.25. The van der Waals surface area contributed by atoms with Gasteiger partial charge in [-0.15, -0.1) is 4.89 Å². The third-order valence-electron chi connectivity index (χ3n) is 2.47. The zero-order valence-corrected chi connectivity index (χ0v) is 11.1. The Balaban J connectivity index is 3.03. The Hall–Kier alpha value is -0.400. The minimum Gasteiger partial charge on any atom is -0.238 e. The second kappa shape index (κ2) is 12.7. The Labute approximate surface area is 99.8 Å². The Kier molecular flexibility index (Phi) is 12.4. The number of hydrogen-bond acceptors (Lipinski definition) is 2. The van der Waals surface area contributed by atoms with Gasteiger partial charge in [0.15, 0.2) is 0 Å². The minimum atomic E-state index is -2.47. The smallest absolute Gasteiger partial charge is 0.238 e. The van der Waals surface area contributed by atoms with E-state index in [4.69, 9.17) is 4.89 Å². The lowest BCUT2D eigenvalue weighted by Gasteiger charge is -1.99. The van der Waals surface area contributed by atoms with Crippen LogP contribution in [0.25, 0.3) is 0 Å². The van der Waals surface area contributed by atoms with Crippen LogP contribution in [0.2, 0.25) is 0 Å². The number of hydrogen-bond donors (Lipinski definition) is 1. The Bertz CT molecular complexity index is 193. The summed E-state index contributed by atoms with van der Waals surface area (Å²) < 4.78 is 14.5. The van der Waals surface area contributed by atoms with Crippen molar-refractivity contribution in [3.63, 3.8) is 0 Å². The summed E-state index contributed by atoms with van der Waals surface area (Å²) in [6.45, 7) is 2.23. The van der Waals surface area contributed by atoms with Gasteiger partial charge >= 0.3 is 8.25 Å². The second-order valence-electron chi connectivity index (χ2n) is 3.98. The van der Waals surface area contributed by atoms with Gasteiger partial charge in [0.25, 0.3) is 0 Å². The summed E-state index contributed by atoms with van der Waals surface area (Å²) in [5.41, 5.74) is 0. The second-order valence-corrected chi connectivity index (χ2v) is 4.67. The normalized spacial score (nSPS) is 12.0. The molecule has 0 fully saturated rings. The Morgan fingerprint density at radius 3 is 2.19 bits per heavy atom. The molecule has 0 aromatic carbocycles. The molecule has 94 valence electrons. The Morgan fingerprint density at radius 1 is 1.06 bits per heavy atom. The average Bonchev–Trinajstić information content (AvgIpc) is 2.25. The van der Waals surface area contributed by atoms with Crippen molar-refractivity contribution in [1.82, 2.24) is 0 Å². The molecule has 0 heterocycles. The highest BCUT2D eigenvalue weighted by Crippen LogP contribution is 2.15. The summed E-state index contributed by atoms with van der Waals surface area (Å²) in [7, 11) is -2.47. The maximum Gasteiger partial charge on any atom is 0.746 e. The van der Waals surface area contributed by atoms with E-state index in [1.165, 1.54) is 51.2 Å². The molecule has 0 amide bonds. The highest BCUT2D eigenvalue weighted by Gasteiger charge is 2.06. The van der Waals surface area contributed by atoms with Crippen molar-refractivity contribution in [3.05, 3.63) is 12.3 Å². The lowest BCUT2D eigenvalue weighted by atomic mass is 10.1. The Morgan fingerprint density at radius 2 is 1.62 bits per heavy atom. The average molecular weight is 247 g/mol. The van der Waals surface area contributed by atoms with E-state index >= 15 is 0 Å². The van der Waals surface area contributed by atoms with Gasteiger partial charge in [0, 0.05) is 4.57 Å². The van der Waals surface area contributed by atoms with E-state index in [1.54, 1.807) is 6.08 Å². The molecule has 0 rings (SSSR count). The van der Waals surface area contributed by atoms with Gasteiger partial charge in [-0.3, -0.25) is 0 Å². The molecular formula is C12H24O3P+. The van der Waals surface area contributed by atoms with Gasteiger partial charge < -0.3 is 0 Å². The summed E-state index contributed by atoms with van der Waals surface area (Å²) in [5.74, 6) is 0. The number of unbranched alkanes of at least 4 members (excludes halogenated alkanes) is 8. The van der Waals surface area contributed by atoms with Crippen LogP contribution in [0.4, 0.5) is 0 Å². The lowest BCUT2D eigenvalue weighted by molar-refractivity contribution is 0.377. The van der Waals surface area contributed by atoms with Crippen molar-refractivity contribution in [3.8, 4) is 0 Å². The predicted molar refractivity (Wildman–Crippen MR) is 67.3 cm³/mol. The zero-order valence-electron chi connectivity index (χ0n) is 10.2. The molecule has 0 aliphatic heterocycles. The molecule has 0 aliphatic rings. The molecule has 1 N–H and O–H groups in total. The fourth-order valence-corrected chi connectivity index (χ4v) is 1.75. The molecule has 0 spiro atoms. The zero-order chi connectivity index (χ0) is 12.1. The molecule has 0 aliphatic carbocycles. The molecule has 0 saturated heterocycles. The standard InChI is InChI=1S/C12H23O3P/c1-2-3-4-5-6-7-8-9-10-11-12-15-16(13)14/h11-12H,2-10H2,1H3/p+1. The third kappa shape index (κ3) is 13.6. The molecule has 0 saturated carbocycles. The summed E-state index contributed by atoms with van der Waals surface area (Å²) in [6, 6.07) is 0. The van der Waals surface area contributed by atoms with Gasteiger partial charge in [-0.2, -0.15) is 0 Å². The highest BCUT2D eigenvalue weighted by molar-refractivity contribution is 7.32. The lowest BCUT2D eigenvalue weighted by Crippen LogP contribution is -1.79. The number of allylic oxidation sites excluding steroid dienone is 1. The van der Waals surface area contributed by atoms with Gasteiger partial charge in [0.05, 0.1) is 0 Å². The molecule has 3 nitrogen and oxygen atoms in total. The maximum absolute atomic E-state index is 10.1. The topological polar surface area (TPSA) is 46.5 Å². The molecule has 4 heteroatoms. The van der Waals surface area contributed by atoms with E-state index in [9.17, 15) is 4.57 Å². The third-order valence-corrected chi connectivity index (χ3v) is 2.77. The van der Waals surface area contributed by atoms with Crippen LogP contribution in [-0.4, -0.2) is 4.89 Å². The van der Waals surface area contributed by atoms with E-state index in [0.717, 1.165) is 12.8 Å². The van der Waals surface area contributed by atoms with Gasteiger partial charge in [-0.05, 0) is 18.9 Å². The minimum absolute atomic E-state index is 0.929. The molecule has 0 bridgehead atoms. The summed E-state index contributed by atoms with van der Waals surface area (Å²) in [5, 5.41) is 0. The van der Waals surface area contributed by atoms with Gasteiger partial charge in [-0.25, -0.2) is 4.52 Å². The molecule has 0 aromatic rings. The molecule has 1 unspecified atom stereocenters. The SMILES string of the molecule is CCCCCCCCCCC=CO[P+](=O)O. The van der Waals surface area contributed by atoms with Crippen LogP contribution in [-0.2, 0) is 9.09 Å². The first-order valence-corrected chi connectivity index (χ1v) is 7.38. The van der Waals surface area contributed by atoms with Gasteiger partial charge in [-0.1, -0.05) is 51.9 Å². The predicted octanol–water partition coefficient (Wildman–Crippen LogP) is 4.70. The van der Waals surface area contributed by atoms with E-state index in [-0.39, 0.29) is 0 Å². The van der Waals surface area contributed by atoms with Crippen molar-refractivity contribution < 1.29 is 14.0 Å². The van der Waals surface area contributed by atoms with Gasteiger partial charge in [0.1, 0.15) is 6.26 Å². The molecule has 0 aromatic heterocycles. The van der Waals surface area contributed by atoms with Crippen molar-refractivity contribution in [2.24, 2.45) is 0 Å². The van der Waals surface area contributed by atoms with Crippen LogP contribution in [0.5, 0.6) is 0 Å². The first-order chi connectivity index (χ1) is 7.77. The van der Waals surface area contributed by atoms with Crippen LogP contribution < -0.4 is 0 Å². The molecule has 1 atom stereocenters. The number of rotatable bonds is 11. The fraction of sp³-hybridized carbons (Fsp3) is 0.833. The highest BCUT2D eigenvalue weighted by atomic mass is 31.1. The van der Waals surface area contributed by atoms with Crippen molar-refractivity contribution in [2.75, 3.05) is 0 Å². The van der Waals surface area contributed by atoms with E-state index < -0.39 is 8.25 Å².